The number of ether oxygens (including phenoxy) is 1. The van der Waals surface area contributed by atoms with Gasteiger partial charge < -0.3 is 14.2 Å². The zero-order valence-corrected chi connectivity index (χ0v) is 29.1. The molecule has 12 heteroatoms. The molecule has 0 aliphatic heterocycles. The second kappa shape index (κ2) is 15.1. The number of aromatic nitrogens is 3. The summed E-state index contributed by atoms with van der Waals surface area (Å²) in [7, 11) is -0.518. The van der Waals surface area contributed by atoms with Gasteiger partial charge in [-0.15, -0.1) is 0 Å². The van der Waals surface area contributed by atoms with Crippen molar-refractivity contribution in [2.45, 2.75) is 78.3 Å². The molecule has 0 bridgehead atoms. The van der Waals surface area contributed by atoms with Crippen LogP contribution in [0.25, 0.3) is 11.1 Å². The smallest absolute Gasteiger partial charge is 0.263 e. The summed E-state index contributed by atoms with van der Waals surface area (Å²) in [6.45, 7) is 7.16. The summed E-state index contributed by atoms with van der Waals surface area (Å²) < 4.78 is 60.8. The first-order chi connectivity index (χ1) is 22.6. The quantitative estimate of drug-likeness (QED) is 0.162. The van der Waals surface area contributed by atoms with Gasteiger partial charge in [0, 0.05) is 55.9 Å². The molecule has 0 radical (unpaired) electrons. The Hall–Kier alpha value is -3.87. The number of rotatable bonds is 14. The maximum Gasteiger partial charge on any atom is 0.263 e. The molecule has 4 aromatic rings. The molecule has 0 spiro atoms. The molecule has 46 heavy (non-hydrogen) atoms. The molecule has 0 unspecified atom stereocenters. The number of hydrogen-bond acceptors (Lipinski definition) is 8. The van der Waals surface area contributed by atoms with Crippen LogP contribution >= 0.6 is 12.2 Å². The summed E-state index contributed by atoms with van der Waals surface area (Å²) in [6, 6.07) is 11.4. The van der Waals surface area contributed by atoms with E-state index in [1.54, 1.807) is 76.2 Å². The number of hydrogen-bond donors (Lipinski definition) is 1. The molecular formula is C34H43N5O5S2. The maximum absolute atomic E-state index is 14.1. The van der Waals surface area contributed by atoms with E-state index in [0.29, 0.717) is 63.1 Å². The second-order valence-corrected chi connectivity index (χ2v) is 13.4. The minimum absolute atomic E-state index is 0.000806. The van der Waals surface area contributed by atoms with Crippen LogP contribution in [0.3, 0.4) is 0 Å². The first-order valence-electron chi connectivity index (χ1n) is 16.2. The van der Waals surface area contributed by atoms with Crippen LogP contribution in [0.1, 0.15) is 69.0 Å². The maximum atomic E-state index is 14.1. The highest BCUT2D eigenvalue weighted by Crippen LogP contribution is 2.33. The number of sulfonamides is 1. The number of nitrogens with zero attached hydrogens (tertiary/aromatic N) is 4. The van der Waals surface area contributed by atoms with E-state index in [4.69, 9.17) is 26.5 Å². The van der Waals surface area contributed by atoms with Crippen molar-refractivity contribution in [3.63, 3.8) is 0 Å². The van der Waals surface area contributed by atoms with Crippen LogP contribution in [0.4, 0.5) is 5.82 Å². The average molecular weight is 668 g/mol. The van der Waals surface area contributed by atoms with E-state index >= 15 is 0 Å². The summed E-state index contributed by atoms with van der Waals surface area (Å²) >= 11 is 5.50. The lowest BCUT2D eigenvalue weighted by Gasteiger charge is -2.19. The Bertz CT molecular complexity index is 1970. The molecule has 10 nitrogen and oxygen atoms in total. The lowest BCUT2D eigenvalue weighted by atomic mass is 9.97. The van der Waals surface area contributed by atoms with Crippen LogP contribution in [0.2, 0.25) is 0 Å². The zero-order chi connectivity index (χ0) is 35.4. The molecule has 4 rings (SSSR count). The molecule has 0 atom stereocenters. The van der Waals surface area contributed by atoms with Gasteiger partial charge in [-0.2, -0.15) is 0 Å². The van der Waals surface area contributed by atoms with Crippen LogP contribution < -0.4 is 10.3 Å². The van der Waals surface area contributed by atoms with Crippen molar-refractivity contribution in [1.29, 1.82) is 0 Å². The van der Waals surface area contributed by atoms with Crippen LogP contribution in [-0.2, 0) is 40.7 Å². The number of unbranched alkanes of at least 4 members (excludes halogenated alkanes) is 1. The fraction of sp³-hybridized carbons (Fsp3) is 0.412. The van der Waals surface area contributed by atoms with Gasteiger partial charge in [0.1, 0.15) is 11.6 Å². The van der Waals surface area contributed by atoms with Gasteiger partial charge in [-0.25, -0.2) is 13.4 Å². The number of nitrogens with one attached hydrogen (secondary N) is 1. The molecule has 0 aliphatic carbocycles. The van der Waals surface area contributed by atoms with E-state index < -0.39 is 22.1 Å². The third-order valence-electron chi connectivity index (χ3n) is 7.70. The van der Waals surface area contributed by atoms with Gasteiger partial charge in [0.25, 0.3) is 15.6 Å². The van der Waals surface area contributed by atoms with E-state index in [1.165, 1.54) is 6.07 Å². The van der Waals surface area contributed by atoms with Gasteiger partial charge in [0.05, 0.1) is 25.7 Å². The van der Waals surface area contributed by atoms with Crippen molar-refractivity contribution < 1.29 is 20.4 Å². The minimum Gasteiger partial charge on any atom is -0.377 e. The standard InChI is InChI=1S/C34H43N5O5S2/c1-8-10-15-31-35-23(4)29(19-32(45)38(6)7)34(40)39(31)20-25-16-17-27(26(18-25)21-43-9-2)28-13-11-12-14-30(28)46(41,42)37-33-22(3)24(5)44-36-33/h11-14,16-18H,8-10,15,19-21H2,1-7H3,(H,36,37)/i20D2. The van der Waals surface area contributed by atoms with Gasteiger partial charge in [-0.1, -0.05) is 67.1 Å². The Labute approximate surface area is 279 Å². The van der Waals surface area contributed by atoms with E-state index in [2.05, 4.69) is 9.88 Å². The topological polar surface area (TPSA) is 120 Å². The highest BCUT2D eigenvalue weighted by Gasteiger charge is 2.24. The first kappa shape index (κ1) is 32.1. The zero-order valence-electron chi connectivity index (χ0n) is 29.4. The van der Waals surface area contributed by atoms with E-state index in [1.807, 2.05) is 13.8 Å². The normalized spacial score (nSPS) is 12.5. The van der Waals surface area contributed by atoms with Crippen molar-refractivity contribution >= 4 is 33.0 Å². The van der Waals surface area contributed by atoms with E-state index in [-0.39, 0.29) is 29.3 Å². The van der Waals surface area contributed by atoms with E-state index in [9.17, 15) is 16.0 Å². The predicted octanol–water partition coefficient (Wildman–Crippen LogP) is 5.98. The minimum atomic E-state index is -4.12. The highest BCUT2D eigenvalue weighted by molar-refractivity contribution is 7.92. The molecule has 0 saturated heterocycles. The molecule has 0 fully saturated rings. The fourth-order valence-electron chi connectivity index (χ4n) is 4.85. The lowest BCUT2D eigenvalue weighted by Crippen LogP contribution is -2.33. The molecule has 0 aliphatic rings. The molecule has 2 aromatic heterocycles. The predicted molar refractivity (Wildman–Crippen MR) is 185 cm³/mol. The van der Waals surface area contributed by atoms with E-state index in [0.717, 1.165) is 17.4 Å². The van der Waals surface area contributed by atoms with Gasteiger partial charge in [0.15, 0.2) is 5.82 Å². The van der Waals surface area contributed by atoms with Gasteiger partial charge in [0.2, 0.25) is 0 Å². The molecule has 2 heterocycles. The molecular weight excluding hydrogens is 623 g/mol. The Morgan fingerprint density at radius 3 is 2.52 bits per heavy atom. The molecule has 2 aromatic carbocycles. The molecule has 0 saturated carbocycles. The molecule has 0 amide bonds. The summed E-state index contributed by atoms with van der Waals surface area (Å²) in [6.07, 6.45) is 2.13. The summed E-state index contributed by atoms with van der Waals surface area (Å²) in [5.41, 5.74) is 2.62. The van der Waals surface area contributed by atoms with Crippen molar-refractivity contribution in [3.8, 4) is 11.1 Å². The largest absolute Gasteiger partial charge is 0.377 e. The van der Waals surface area contributed by atoms with Gasteiger partial charge >= 0.3 is 0 Å². The third-order valence-corrected chi connectivity index (χ3v) is 9.60. The SMILES string of the molecule is [2H]C([2H])(c1ccc(-c2ccccc2S(=O)(=O)Nc2noc(C)c2C)c(COCC)c1)n1c(CCCC)nc(C)c(CC(=S)N(C)C)c1=O. The summed E-state index contributed by atoms with van der Waals surface area (Å²) in [4.78, 5) is 21.1. The van der Waals surface area contributed by atoms with Crippen LogP contribution in [-0.4, -0.2) is 53.7 Å². The Morgan fingerprint density at radius 2 is 1.87 bits per heavy atom. The van der Waals surface area contributed by atoms with Crippen LogP contribution in [0.5, 0.6) is 0 Å². The Morgan fingerprint density at radius 1 is 1.13 bits per heavy atom. The van der Waals surface area contributed by atoms with Crippen molar-refractivity contribution in [2.75, 3.05) is 25.4 Å². The van der Waals surface area contributed by atoms with Crippen molar-refractivity contribution in [1.82, 2.24) is 19.6 Å². The van der Waals surface area contributed by atoms with Gasteiger partial charge in [-0.05, 0) is 56.9 Å². The van der Waals surface area contributed by atoms with Crippen LogP contribution in [0, 0.1) is 20.8 Å². The fourth-order valence-corrected chi connectivity index (χ4v) is 6.28. The monoisotopic (exact) mass is 667 g/mol. The van der Waals surface area contributed by atoms with Crippen molar-refractivity contribution in [3.05, 3.63) is 92.4 Å². The summed E-state index contributed by atoms with van der Waals surface area (Å²) in [5.74, 6) is 0.945. The number of benzene rings is 2. The number of aryl methyl sites for hydroxylation is 3. The number of likely N-dealkylation sites (N-methyl/N-ethyl adjacent to an activating group) is 1. The Kier molecular flexibility index (Phi) is 10.6. The first-order valence-corrected chi connectivity index (χ1v) is 17.1. The molecule has 246 valence electrons. The Balaban J connectivity index is 1.88. The third kappa shape index (κ3) is 7.91. The second-order valence-electron chi connectivity index (χ2n) is 11.2. The van der Waals surface area contributed by atoms with Crippen LogP contribution in [0.15, 0.2) is 56.7 Å². The molecule has 1 N–H and O–H groups in total. The number of anilines is 1. The number of thiocarbonyl (C=S) groups is 1. The highest BCUT2D eigenvalue weighted by atomic mass is 32.2. The van der Waals surface area contributed by atoms with Crippen molar-refractivity contribution in [2.24, 2.45) is 0 Å². The lowest BCUT2D eigenvalue weighted by molar-refractivity contribution is 0.134. The summed E-state index contributed by atoms with van der Waals surface area (Å²) in [5, 5.41) is 3.85. The van der Waals surface area contributed by atoms with Gasteiger partial charge in [-0.3, -0.25) is 14.1 Å². The average Bonchev–Trinajstić information content (AvgIpc) is 3.35.